The third kappa shape index (κ3) is 4.47. The minimum Gasteiger partial charge on any atom is -0.481 e. The Labute approximate surface area is 153 Å². The van der Waals surface area contributed by atoms with Crippen molar-refractivity contribution in [1.29, 1.82) is 0 Å². The van der Waals surface area contributed by atoms with Crippen LogP contribution in [0.1, 0.15) is 61.5 Å². The summed E-state index contributed by atoms with van der Waals surface area (Å²) in [7, 11) is 0. The molecule has 2 aromatic rings. The highest BCUT2D eigenvalue weighted by molar-refractivity contribution is 5.90. The minimum atomic E-state index is -0.910. The Balaban J connectivity index is 2.20. The van der Waals surface area contributed by atoms with Crippen LogP contribution in [0, 0.1) is 12.8 Å². The maximum Gasteiger partial charge on any atom is 0.308 e. The molecular weight excluding hydrogens is 332 g/mol. The van der Waals surface area contributed by atoms with Gasteiger partial charge in [0, 0.05) is 6.54 Å². The second-order valence-corrected chi connectivity index (χ2v) is 6.64. The number of carboxylic acid groups (broad SMARTS) is 1. The van der Waals surface area contributed by atoms with Crippen LogP contribution in [0.4, 0.5) is 0 Å². The van der Waals surface area contributed by atoms with Crippen LogP contribution in [0.25, 0.3) is 5.69 Å². The molecule has 0 aliphatic rings. The van der Waals surface area contributed by atoms with E-state index in [0.717, 1.165) is 17.7 Å². The smallest absolute Gasteiger partial charge is 0.308 e. The van der Waals surface area contributed by atoms with Crippen LogP contribution >= 0.6 is 0 Å². The minimum absolute atomic E-state index is 0.0432. The summed E-state index contributed by atoms with van der Waals surface area (Å²) in [5.74, 6) is -1.02. The number of carbonyl (C=O) groups excluding carboxylic acids is 1. The van der Waals surface area contributed by atoms with Crippen LogP contribution in [-0.4, -0.2) is 38.3 Å². The Hall–Kier alpha value is -2.70. The van der Waals surface area contributed by atoms with Crippen LogP contribution in [0.5, 0.6) is 0 Å². The monoisotopic (exact) mass is 358 g/mol. The van der Waals surface area contributed by atoms with E-state index in [1.54, 1.807) is 11.6 Å². The van der Waals surface area contributed by atoms with E-state index in [2.05, 4.69) is 29.2 Å². The van der Waals surface area contributed by atoms with Gasteiger partial charge in [-0.25, -0.2) is 9.67 Å². The van der Waals surface area contributed by atoms with Crippen LogP contribution in [0.3, 0.4) is 0 Å². The standard InChI is InChI=1S/C19H26N4O3/c1-5-8-14(19(25)26)11-20-18(24)17-21-13(4)23(22-17)16-10-7-6-9-15(16)12(2)3/h6-7,9-10,12,14H,5,8,11H2,1-4H3,(H,20,24)(H,25,26). The number of amides is 1. The summed E-state index contributed by atoms with van der Waals surface area (Å²) in [6.07, 6.45) is 1.25. The highest BCUT2D eigenvalue weighted by atomic mass is 16.4. The molecule has 7 nitrogen and oxygen atoms in total. The number of carboxylic acids is 1. The normalized spacial score (nSPS) is 12.2. The Morgan fingerprint density at radius 3 is 2.58 bits per heavy atom. The maximum absolute atomic E-state index is 12.3. The first-order chi connectivity index (χ1) is 12.3. The molecule has 2 rings (SSSR count). The number of aliphatic carboxylic acids is 1. The zero-order valence-electron chi connectivity index (χ0n) is 15.7. The van der Waals surface area contributed by atoms with Gasteiger partial charge in [0.1, 0.15) is 5.82 Å². The molecule has 0 fully saturated rings. The molecule has 26 heavy (non-hydrogen) atoms. The molecule has 0 spiro atoms. The lowest BCUT2D eigenvalue weighted by Gasteiger charge is -2.13. The summed E-state index contributed by atoms with van der Waals surface area (Å²) in [6.45, 7) is 7.96. The number of hydrogen-bond donors (Lipinski definition) is 2. The maximum atomic E-state index is 12.3. The first-order valence-electron chi connectivity index (χ1n) is 8.89. The number of aromatic nitrogens is 3. The number of carbonyl (C=O) groups is 2. The Morgan fingerprint density at radius 1 is 1.27 bits per heavy atom. The van der Waals surface area contributed by atoms with Crippen LogP contribution in [0.15, 0.2) is 24.3 Å². The summed E-state index contributed by atoms with van der Waals surface area (Å²) in [5, 5.41) is 16.2. The number of hydrogen-bond acceptors (Lipinski definition) is 4. The average molecular weight is 358 g/mol. The lowest BCUT2D eigenvalue weighted by atomic mass is 10.0. The van der Waals surface area contributed by atoms with Gasteiger partial charge in [0.25, 0.3) is 5.91 Å². The van der Waals surface area contributed by atoms with E-state index in [1.165, 1.54) is 0 Å². The molecule has 140 valence electrons. The number of para-hydroxylation sites is 1. The first kappa shape index (κ1) is 19.6. The summed E-state index contributed by atoms with van der Waals surface area (Å²) in [4.78, 5) is 27.8. The van der Waals surface area contributed by atoms with E-state index >= 15 is 0 Å². The molecule has 1 aromatic heterocycles. The van der Waals surface area contributed by atoms with Crippen molar-refractivity contribution < 1.29 is 14.7 Å². The van der Waals surface area contributed by atoms with Crippen LogP contribution < -0.4 is 5.32 Å². The molecule has 1 atom stereocenters. The summed E-state index contributed by atoms with van der Waals surface area (Å²) in [6, 6.07) is 7.87. The van der Waals surface area contributed by atoms with E-state index in [9.17, 15) is 14.7 Å². The topological polar surface area (TPSA) is 97.1 Å². The SMILES string of the molecule is CCCC(CNC(=O)c1nc(C)n(-c2ccccc2C(C)C)n1)C(=O)O. The zero-order valence-corrected chi connectivity index (χ0v) is 15.7. The van der Waals surface area contributed by atoms with Crippen molar-refractivity contribution >= 4 is 11.9 Å². The fraction of sp³-hybridized carbons (Fsp3) is 0.474. The molecule has 1 heterocycles. The molecule has 1 aromatic carbocycles. The van der Waals surface area contributed by atoms with E-state index in [0.29, 0.717) is 18.2 Å². The van der Waals surface area contributed by atoms with Gasteiger partial charge in [-0.1, -0.05) is 45.4 Å². The van der Waals surface area contributed by atoms with E-state index in [-0.39, 0.29) is 12.4 Å². The van der Waals surface area contributed by atoms with Gasteiger partial charge in [-0.3, -0.25) is 9.59 Å². The number of aryl methyl sites for hydroxylation is 1. The van der Waals surface area contributed by atoms with Crippen molar-refractivity contribution in [2.24, 2.45) is 5.92 Å². The highest BCUT2D eigenvalue weighted by Crippen LogP contribution is 2.23. The Bertz CT molecular complexity index is 783. The van der Waals surface area contributed by atoms with E-state index in [1.807, 2.05) is 31.2 Å². The van der Waals surface area contributed by atoms with Gasteiger partial charge in [0.15, 0.2) is 0 Å². The van der Waals surface area contributed by atoms with Crippen molar-refractivity contribution in [2.45, 2.75) is 46.5 Å². The predicted octanol–water partition coefficient (Wildman–Crippen LogP) is 2.93. The Kier molecular flexibility index (Phi) is 6.49. The lowest BCUT2D eigenvalue weighted by molar-refractivity contribution is -0.141. The number of rotatable bonds is 8. The molecule has 1 amide bonds. The average Bonchev–Trinajstić information content (AvgIpc) is 2.99. The van der Waals surface area contributed by atoms with E-state index in [4.69, 9.17) is 0 Å². The van der Waals surface area contributed by atoms with Gasteiger partial charge in [0.2, 0.25) is 5.82 Å². The molecule has 2 N–H and O–H groups in total. The first-order valence-corrected chi connectivity index (χ1v) is 8.89. The van der Waals surface area contributed by atoms with Crippen molar-refractivity contribution in [2.75, 3.05) is 6.54 Å². The predicted molar refractivity (Wildman–Crippen MR) is 98.6 cm³/mol. The van der Waals surface area contributed by atoms with Gasteiger partial charge < -0.3 is 10.4 Å². The van der Waals surface area contributed by atoms with Crippen molar-refractivity contribution in [3.8, 4) is 5.69 Å². The molecule has 0 saturated carbocycles. The summed E-state index contributed by atoms with van der Waals surface area (Å²) >= 11 is 0. The molecule has 0 saturated heterocycles. The van der Waals surface area contributed by atoms with Gasteiger partial charge in [-0.05, 0) is 30.9 Å². The van der Waals surface area contributed by atoms with E-state index < -0.39 is 17.8 Å². The third-order valence-electron chi connectivity index (χ3n) is 4.25. The zero-order chi connectivity index (χ0) is 19.3. The molecule has 0 aliphatic heterocycles. The summed E-state index contributed by atoms with van der Waals surface area (Å²) in [5.41, 5.74) is 2.00. The molecule has 0 bridgehead atoms. The van der Waals surface area contributed by atoms with Gasteiger partial charge in [-0.2, -0.15) is 0 Å². The molecule has 0 radical (unpaired) electrons. The molecule has 7 heteroatoms. The number of nitrogens with zero attached hydrogens (tertiary/aromatic N) is 3. The van der Waals surface area contributed by atoms with Gasteiger partial charge >= 0.3 is 5.97 Å². The number of benzene rings is 1. The van der Waals surface area contributed by atoms with Crippen molar-refractivity contribution in [1.82, 2.24) is 20.1 Å². The lowest BCUT2D eigenvalue weighted by Crippen LogP contribution is -2.33. The number of nitrogens with one attached hydrogen (secondary N) is 1. The third-order valence-corrected chi connectivity index (χ3v) is 4.25. The van der Waals surface area contributed by atoms with Gasteiger partial charge in [-0.15, -0.1) is 5.10 Å². The second-order valence-electron chi connectivity index (χ2n) is 6.64. The van der Waals surface area contributed by atoms with Crippen molar-refractivity contribution in [3.63, 3.8) is 0 Å². The van der Waals surface area contributed by atoms with Crippen molar-refractivity contribution in [3.05, 3.63) is 41.5 Å². The molecule has 0 aliphatic carbocycles. The summed E-state index contributed by atoms with van der Waals surface area (Å²) < 4.78 is 1.66. The van der Waals surface area contributed by atoms with Gasteiger partial charge in [0.05, 0.1) is 11.6 Å². The largest absolute Gasteiger partial charge is 0.481 e. The van der Waals surface area contributed by atoms with Crippen LogP contribution in [-0.2, 0) is 4.79 Å². The fourth-order valence-electron chi connectivity index (χ4n) is 2.84. The highest BCUT2D eigenvalue weighted by Gasteiger charge is 2.21. The Morgan fingerprint density at radius 2 is 1.96 bits per heavy atom. The molecular formula is C19H26N4O3. The fourth-order valence-corrected chi connectivity index (χ4v) is 2.84. The molecule has 1 unspecified atom stereocenters. The quantitative estimate of drug-likeness (QED) is 0.756. The van der Waals surface area contributed by atoms with Crippen LogP contribution in [0.2, 0.25) is 0 Å². The second kappa shape index (κ2) is 8.60.